The van der Waals surface area contributed by atoms with Crippen LogP contribution in [-0.4, -0.2) is 69.4 Å². The Morgan fingerprint density at radius 2 is 1.71 bits per heavy atom. The molecule has 0 atom stereocenters. The first kappa shape index (κ1) is 19.8. The second kappa shape index (κ2) is 7.86. The molecule has 0 bridgehead atoms. The Balaban J connectivity index is 1.26. The number of methoxy groups -OCH3 is 1. The van der Waals surface area contributed by atoms with Gasteiger partial charge in [-0.3, -0.25) is 0 Å². The van der Waals surface area contributed by atoms with Crippen LogP contribution in [0.5, 0.6) is 6.01 Å². The summed E-state index contributed by atoms with van der Waals surface area (Å²) >= 11 is 0. The van der Waals surface area contributed by atoms with Crippen molar-refractivity contribution in [3.8, 4) is 6.01 Å². The number of fused-ring (bicyclic) bond motifs is 1. The monoisotopic (exact) mass is 430 g/mol. The van der Waals surface area contributed by atoms with E-state index in [9.17, 15) is 8.78 Å². The van der Waals surface area contributed by atoms with E-state index in [2.05, 4.69) is 34.8 Å². The molecule has 11 heteroatoms. The van der Waals surface area contributed by atoms with Crippen LogP contribution in [0.3, 0.4) is 0 Å². The molecule has 0 amide bonds. The average Bonchev–Trinajstić information content (AvgIpc) is 3.38. The minimum Gasteiger partial charge on any atom is -0.467 e. The van der Waals surface area contributed by atoms with Gasteiger partial charge in [0, 0.05) is 26.2 Å². The number of rotatable bonds is 5. The van der Waals surface area contributed by atoms with Gasteiger partial charge in [0.05, 0.1) is 37.6 Å². The summed E-state index contributed by atoms with van der Waals surface area (Å²) in [6.45, 7) is 3.19. The smallest absolute Gasteiger partial charge is 0.316 e. The molecule has 2 fully saturated rings. The second-order valence-corrected chi connectivity index (χ2v) is 8.24. The maximum atomic E-state index is 12.8. The standard InChI is InChI=1S/C20H24F2N8O/c1-31-19-24-8-14(9-25-19)29-7-4-20(13-29)2-5-28(6-3-20)17-11-23-15-10-26-30(12-16(21)22)18(15)27-17/h8-11,16H,2-7,12-13H2,1H3. The predicted molar refractivity (Wildman–Crippen MR) is 111 cm³/mol. The van der Waals surface area contributed by atoms with E-state index in [1.54, 1.807) is 13.3 Å². The van der Waals surface area contributed by atoms with E-state index < -0.39 is 13.0 Å². The van der Waals surface area contributed by atoms with Crippen LogP contribution in [0.15, 0.2) is 24.8 Å². The van der Waals surface area contributed by atoms with Crippen LogP contribution < -0.4 is 14.5 Å². The molecule has 3 aromatic rings. The Labute approximate surface area is 178 Å². The van der Waals surface area contributed by atoms with Crippen LogP contribution in [0.4, 0.5) is 20.3 Å². The van der Waals surface area contributed by atoms with Gasteiger partial charge in [-0.25, -0.2) is 33.4 Å². The zero-order chi connectivity index (χ0) is 21.4. The third-order valence-corrected chi connectivity index (χ3v) is 6.39. The third-order valence-electron chi connectivity index (χ3n) is 6.39. The van der Waals surface area contributed by atoms with Gasteiger partial charge in [-0.2, -0.15) is 5.10 Å². The Morgan fingerprint density at radius 1 is 1.00 bits per heavy atom. The topological polar surface area (TPSA) is 85.1 Å². The van der Waals surface area contributed by atoms with Crippen molar-refractivity contribution in [3.05, 3.63) is 24.8 Å². The first-order chi connectivity index (χ1) is 15.0. The highest BCUT2D eigenvalue weighted by molar-refractivity contribution is 5.71. The summed E-state index contributed by atoms with van der Waals surface area (Å²) < 4.78 is 31.9. The highest BCUT2D eigenvalue weighted by atomic mass is 19.3. The van der Waals surface area contributed by atoms with Crippen molar-refractivity contribution in [2.75, 3.05) is 43.1 Å². The molecule has 0 radical (unpaired) electrons. The lowest BCUT2D eigenvalue weighted by Gasteiger charge is -2.39. The van der Waals surface area contributed by atoms with Gasteiger partial charge in [0.15, 0.2) is 5.65 Å². The van der Waals surface area contributed by atoms with Crippen LogP contribution in [0.1, 0.15) is 19.3 Å². The van der Waals surface area contributed by atoms with Crippen molar-refractivity contribution in [1.29, 1.82) is 0 Å². The van der Waals surface area contributed by atoms with Gasteiger partial charge in [0.2, 0.25) is 0 Å². The van der Waals surface area contributed by atoms with E-state index in [1.807, 2.05) is 12.4 Å². The van der Waals surface area contributed by atoms with Gasteiger partial charge < -0.3 is 14.5 Å². The predicted octanol–water partition coefficient (Wildman–Crippen LogP) is 2.39. The zero-order valence-electron chi connectivity index (χ0n) is 17.3. The van der Waals surface area contributed by atoms with Crippen LogP contribution >= 0.6 is 0 Å². The normalized spacial score (nSPS) is 18.5. The molecule has 2 aliphatic heterocycles. The minimum absolute atomic E-state index is 0.255. The second-order valence-electron chi connectivity index (χ2n) is 8.24. The van der Waals surface area contributed by atoms with Gasteiger partial charge >= 0.3 is 6.01 Å². The van der Waals surface area contributed by atoms with Crippen molar-refractivity contribution in [2.24, 2.45) is 5.41 Å². The average molecular weight is 430 g/mol. The number of hydrogen-bond acceptors (Lipinski definition) is 8. The van der Waals surface area contributed by atoms with Gasteiger partial charge in [-0.05, 0) is 24.7 Å². The van der Waals surface area contributed by atoms with Crippen molar-refractivity contribution < 1.29 is 13.5 Å². The molecule has 0 aliphatic carbocycles. The Bertz CT molecular complexity index is 1050. The molecular formula is C20H24F2N8O. The largest absolute Gasteiger partial charge is 0.467 e. The molecule has 0 N–H and O–H groups in total. The molecule has 2 saturated heterocycles. The summed E-state index contributed by atoms with van der Waals surface area (Å²) in [5, 5.41) is 4.00. The molecule has 31 heavy (non-hydrogen) atoms. The first-order valence-electron chi connectivity index (χ1n) is 10.4. The lowest BCUT2D eigenvalue weighted by molar-refractivity contribution is 0.123. The lowest BCUT2D eigenvalue weighted by Crippen LogP contribution is -2.42. The number of halogens is 2. The van der Waals surface area contributed by atoms with Gasteiger partial charge in [0.25, 0.3) is 6.43 Å². The van der Waals surface area contributed by atoms with E-state index >= 15 is 0 Å². The molecule has 2 aliphatic rings. The number of piperidine rings is 1. The molecule has 9 nitrogen and oxygen atoms in total. The number of ether oxygens (including phenoxy) is 1. The summed E-state index contributed by atoms with van der Waals surface area (Å²) in [6.07, 6.45) is 7.54. The van der Waals surface area contributed by atoms with Crippen LogP contribution in [-0.2, 0) is 6.54 Å². The Morgan fingerprint density at radius 3 is 2.39 bits per heavy atom. The summed E-state index contributed by atoms with van der Waals surface area (Å²) in [5.41, 5.74) is 2.21. The number of aromatic nitrogens is 6. The molecule has 1 spiro atoms. The maximum Gasteiger partial charge on any atom is 0.316 e. The number of nitrogens with zero attached hydrogens (tertiary/aromatic N) is 8. The zero-order valence-corrected chi connectivity index (χ0v) is 17.3. The number of hydrogen-bond donors (Lipinski definition) is 0. The first-order valence-corrected chi connectivity index (χ1v) is 10.4. The summed E-state index contributed by atoms with van der Waals surface area (Å²) in [6, 6.07) is 0.374. The summed E-state index contributed by atoms with van der Waals surface area (Å²) in [4.78, 5) is 21.9. The number of alkyl halides is 2. The quantitative estimate of drug-likeness (QED) is 0.610. The summed E-state index contributed by atoms with van der Waals surface area (Å²) in [5.74, 6) is 0.719. The van der Waals surface area contributed by atoms with Crippen LogP contribution in [0, 0.1) is 5.41 Å². The Kier molecular flexibility index (Phi) is 5.03. The van der Waals surface area contributed by atoms with Gasteiger partial charge in [-0.15, -0.1) is 0 Å². The molecular weight excluding hydrogens is 406 g/mol. The van der Waals surface area contributed by atoms with Gasteiger partial charge in [-0.1, -0.05) is 0 Å². The molecule has 0 unspecified atom stereocenters. The van der Waals surface area contributed by atoms with E-state index in [1.165, 1.54) is 10.9 Å². The molecule has 0 saturated carbocycles. The van der Waals surface area contributed by atoms with Crippen molar-refractivity contribution in [1.82, 2.24) is 29.7 Å². The van der Waals surface area contributed by atoms with E-state index in [-0.39, 0.29) is 5.41 Å². The fourth-order valence-electron chi connectivity index (χ4n) is 4.61. The highest BCUT2D eigenvalue weighted by Crippen LogP contribution is 2.42. The van der Waals surface area contributed by atoms with Crippen LogP contribution in [0.25, 0.3) is 11.2 Å². The highest BCUT2D eigenvalue weighted by Gasteiger charge is 2.41. The lowest BCUT2D eigenvalue weighted by atomic mass is 9.78. The van der Waals surface area contributed by atoms with Crippen molar-refractivity contribution in [2.45, 2.75) is 32.2 Å². The maximum absolute atomic E-state index is 12.8. The molecule has 164 valence electrons. The summed E-state index contributed by atoms with van der Waals surface area (Å²) in [7, 11) is 1.56. The third kappa shape index (κ3) is 3.84. The Hall–Kier alpha value is -3.11. The molecule has 5 rings (SSSR count). The minimum atomic E-state index is -2.48. The fourth-order valence-corrected chi connectivity index (χ4v) is 4.61. The molecule has 0 aromatic carbocycles. The van der Waals surface area contributed by atoms with E-state index in [0.29, 0.717) is 17.2 Å². The fraction of sp³-hybridized carbons (Fsp3) is 0.550. The number of anilines is 2. The van der Waals surface area contributed by atoms with Crippen molar-refractivity contribution in [3.63, 3.8) is 0 Å². The molecule has 3 aromatic heterocycles. The van der Waals surface area contributed by atoms with E-state index in [0.717, 1.165) is 56.9 Å². The van der Waals surface area contributed by atoms with Gasteiger partial charge in [0.1, 0.15) is 17.9 Å². The molecule has 5 heterocycles. The van der Waals surface area contributed by atoms with Crippen molar-refractivity contribution >= 4 is 22.7 Å². The van der Waals surface area contributed by atoms with E-state index in [4.69, 9.17) is 4.74 Å². The SMILES string of the molecule is COc1ncc(N2CCC3(CCN(c4cnc5cnn(CC(F)F)c5n4)CC3)C2)cn1. The van der Waals surface area contributed by atoms with Crippen LogP contribution in [0.2, 0.25) is 0 Å².